The molecule has 0 aliphatic heterocycles. The van der Waals surface area contributed by atoms with Crippen LogP contribution in [0, 0.1) is 0 Å². The highest BCUT2D eigenvalue weighted by Crippen LogP contribution is 2.50. The van der Waals surface area contributed by atoms with E-state index in [4.69, 9.17) is 18.9 Å². The van der Waals surface area contributed by atoms with Gasteiger partial charge in [0, 0.05) is 24.2 Å². The van der Waals surface area contributed by atoms with Gasteiger partial charge in [-0.15, -0.1) is 0 Å². The number of ether oxygens (including phenoxy) is 4. The maximum atomic E-state index is 13.5. The number of amides is 2. The highest BCUT2D eigenvalue weighted by atomic mass is 16.5. The molecule has 0 saturated heterocycles. The Labute approximate surface area is 239 Å². The SMILES string of the molecule is COc1cccc(NC(=O)C(C)Nc2ccc3c(cc2=O)C(NC(C)=O)CCc2cc(OC)c(OC)c(OC)c2-3)c1. The lowest BCUT2D eigenvalue weighted by molar-refractivity contribution is -0.119. The Kier molecular flexibility index (Phi) is 9.01. The van der Waals surface area contributed by atoms with Crippen LogP contribution in [-0.2, 0) is 16.0 Å². The molecule has 3 aromatic rings. The molecule has 0 fully saturated rings. The molecule has 41 heavy (non-hydrogen) atoms. The van der Waals surface area contributed by atoms with Crippen LogP contribution in [0.1, 0.15) is 37.4 Å². The summed E-state index contributed by atoms with van der Waals surface area (Å²) < 4.78 is 22.2. The lowest BCUT2D eigenvalue weighted by atomic mass is 9.95. The van der Waals surface area contributed by atoms with Crippen molar-refractivity contribution in [3.05, 3.63) is 69.9 Å². The standard InChI is InChI=1S/C31H35N3O7/c1-17(31(37)34-20-8-7-9-21(15-20)38-3)32-25-13-11-22-23(16-26(25)36)24(33-18(2)35)12-10-19-14-27(39-4)29(40-5)30(41-6)28(19)22/h7-9,11,13-17,24H,10,12H2,1-6H3,(H,32,36)(H,33,35)(H,34,37). The monoisotopic (exact) mass is 561 g/mol. The van der Waals surface area contributed by atoms with E-state index in [0.29, 0.717) is 52.7 Å². The fourth-order valence-electron chi connectivity index (χ4n) is 5.08. The van der Waals surface area contributed by atoms with Gasteiger partial charge in [0.2, 0.25) is 23.0 Å². The summed E-state index contributed by atoms with van der Waals surface area (Å²) in [5, 5.41) is 8.87. The van der Waals surface area contributed by atoms with E-state index in [2.05, 4.69) is 16.0 Å². The molecule has 1 aliphatic carbocycles. The van der Waals surface area contributed by atoms with Crippen LogP contribution in [0.5, 0.6) is 23.0 Å². The van der Waals surface area contributed by atoms with E-state index in [1.165, 1.54) is 20.1 Å². The summed E-state index contributed by atoms with van der Waals surface area (Å²) in [5.41, 5.74) is 3.48. The molecule has 0 aromatic heterocycles. The zero-order chi connectivity index (χ0) is 29.7. The van der Waals surface area contributed by atoms with Gasteiger partial charge in [-0.3, -0.25) is 14.4 Å². The Morgan fingerprint density at radius 3 is 2.34 bits per heavy atom. The third-order valence-electron chi connectivity index (χ3n) is 7.02. The molecule has 0 bridgehead atoms. The topological polar surface area (TPSA) is 124 Å². The van der Waals surface area contributed by atoms with Gasteiger partial charge in [0.15, 0.2) is 11.5 Å². The number of aryl methyl sites for hydroxylation is 1. The molecule has 3 N–H and O–H groups in total. The van der Waals surface area contributed by atoms with Crippen molar-refractivity contribution in [3.63, 3.8) is 0 Å². The summed E-state index contributed by atoms with van der Waals surface area (Å²) in [6.07, 6.45) is 1.14. The van der Waals surface area contributed by atoms with Crippen molar-refractivity contribution in [2.45, 2.75) is 38.8 Å². The van der Waals surface area contributed by atoms with E-state index in [1.54, 1.807) is 64.7 Å². The van der Waals surface area contributed by atoms with E-state index in [0.717, 1.165) is 11.1 Å². The minimum absolute atomic E-state index is 0.214. The lowest BCUT2D eigenvalue weighted by Gasteiger charge is -2.19. The molecule has 10 heteroatoms. The largest absolute Gasteiger partial charge is 0.497 e. The Balaban J connectivity index is 1.79. The van der Waals surface area contributed by atoms with Gasteiger partial charge in [-0.1, -0.05) is 12.1 Å². The number of nitrogens with one attached hydrogen (secondary N) is 3. The summed E-state index contributed by atoms with van der Waals surface area (Å²) in [7, 11) is 6.19. The van der Waals surface area contributed by atoms with Crippen molar-refractivity contribution < 1.29 is 28.5 Å². The van der Waals surface area contributed by atoms with Gasteiger partial charge in [0.1, 0.15) is 11.8 Å². The molecule has 0 radical (unpaired) electrons. The Morgan fingerprint density at radius 1 is 0.927 bits per heavy atom. The molecule has 2 amide bonds. The van der Waals surface area contributed by atoms with Crippen LogP contribution >= 0.6 is 0 Å². The Bertz CT molecular complexity index is 1520. The predicted molar refractivity (Wildman–Crippen MR) is 157 cm³/mol. The second kappa shape index (κ2) is 12.6. The molecule has 0 spiro atoms. The molecule has 1 aliphatic rings. The number of hydrogen-bond acceptors (Lipinski definition) is 8. The maximum absolute atomic E-state index is 13.5. The zero-order valence-corrected chi connectivity index (χ0v) is 24.0. The van der Waals surface area contributed by atoms with Gasteiger partial charge in [-0.2, -0.15) is 0 Å². The third kappa shape index (κ3) is 6.21. The summed E-state index contributed by atoms with van der Waals surface area (Å²) in [6.45, 7) is 3.11. The molecule has 216 valence electrons. The van der Waals surface area contributed by atoms with Crippen LogP contribution in [0.2, 0.25) is 0 Å². The minimum atomic E-state index is -0.742. The predicted octanol–water partition coefficient (Wildman–Crippen LogP) is 4.31. The van der Waals surface area contributed by atoms with E-state index >= 15 is 0 Å². The number of carbonyl (C=O) groups excluding carboxylic acids is 2. The van der Waals surface area contributed by atoms with Crippen LogP contribution in [0.25, 0.3) is 11.1 Å². The van der Waals surface area contributed by atoms with Crippen molar-refractivity contribution in [2.24, 2.45) is 0 Å². The molecule has 0 heterocycles. The van der Waals surface area contributed by atoms with E-state index < -0.39 is 12.1 Å². The summed E-state index contributed by atoms with van der Waals surface area (Å²) in [5.74, 6) is 1.48. The molecular formula is C31H35N3O7. The molecule has 0 saturated carbocycles. The first-order chi connectivity index (χ1) is 19.7. The first-order valence-electron chi connectivity index (χ1n) is 13.2. The van der Waals surface area contributed by atoms with E-state index in [9.17, 15) is 14.4 Å². The van der Waals surface area contributed by atoms with Crippen molar-refractivity contribution in [1.82, 2.24) is 5.32 Å². The Morgan fingerprint density at radius 2 is 1.68 bits per heavy atom. The van der Waals surface area contributed by atoms with E-state index in [1.807, 2.05) is 6.07 Å². The second-order valence-corrected chi connectivity index (χ2v) is 9.68. The summed E-state index contributed by atoms with van der Waals surface area (Å²) >= 11 is 0. The van der Waals surface area contributed by atoms with Crippen LogP contribution in [-0.4, -0.2) is 46.3 Å². The Hall–Kier alpha value is -4.73. The highest BCUT2D eigenvalue weighted by Gasteiger charge is 2.29. The van der Waals surface area contributed by atoms with Gasteiger partial charge in [0.05, 0.1) is 40.2 Å². The van der Waals surface area contributed by atoms with Gasteiger partial charge >= 0.3 is 0 Å². The van der Waals surface area contributed by atoms with Crippen molar-refractivity contribution >= 4 is 23.2 Å². The first-order valence-corrected chi connectivity index (χ1v) is 13.2. The molecule has 2 unspecified atom stereocenters. The average molecular weight is 562 g/mol. The first kappa shape index (κ1) is 29.3. The number of carbonyl (C=O) groups is 2. The van der Waals surface area contributed by atoms with Gasteiger partial charge in [0.25, 0.3) is 0 Å². The summed E-state index contributed by atoms with van der Waals surface area (Å²) in [4.78, 5) is 38.6. The van der Waals surface area contributed by atoms with E-state index in [-0.39, 0.29) is 22.9 Å². The normalized spacial score (nSPS) is 14.3. The van der Waals surface area contributed by atoms with Crippen molar-refractivity contribution in [3.8, 4) is 34.1 Å². The van der Waals surface area contributed by atoms with Gasteiger partial charge in [-0.25, -0.2) is 0 Å². The molecule has 10 nitrogen and oxygen atoms in total. The number of rotatable bonds is 9. The summed E-state index contributed by atoms with van der Waals surface area (Å²) in [6, 6.07) is 12.7. The van der Waals surface area contributed by atoms with Crippen LogP contribution in [0.4, 0.5) is 11.4 Å². The molecule has 2 atom stereocenters. The van der Waals surface area contributed by atoms with Gasteiger partial charge < -0.3 is 34.9 Å². The van der Waals surface area contributed by atoms with Crippen molar-refractivity contribution in [2.75, 3.05) is 39.1 Å². The highest BCUT2D eigenvalue weighted by molar-refractivity contribution is 5.96. The number of methoxy groups -OCH3 is 4. The molecular weight excluding hydrogens is 526 g/mol. The number of benzene rings is 2. The van der Waals surface area contributed by atoms with Crippen LogP contribution in [0.15, 0.2) is 53.3 Å². The quantitative estimate of drug-likeness (QED) is 0.353. The fraction of sp³-hybridized carbons (Fsp3) is 0.323. The smallest absolute Gasteiger partial charge is 0.246 e. The minimum Gasteiger partial charge on any atom is -0.497 e. The van der Waals surface area contributed by atoms with Crippen molar-refractivity contribution in [1.29, 1.82) is 0 Å². The average Bonchev–Trinajstić information content (AvgIpc) is 3.20. The number of hydrogen-bond donors (Lipinski definition) is 3. The zero-order valence-electron chi connectivity index (χ0n) is 24.0. The lowest BCUT2D eigenvalue weighted by Crippen LogP contribution is -2.33. The fourth-order valence-corrected chi connectivity index (χ4v) is 5.08. The van der Waals surface area contributed by atoms with Crippen LogP contribution < -0.4 is 40.3 Å². The second-order valence-electron chi connectivity index (χ2n) is 9.68. The number of anilines is 2. The van der Waals surface area contributed by atoms with Gasteiger partial charge in [-0.05, 0) is 66.8 Å². The molecule has 3 aromatic carbocycles. The number of fused-ring (bicyclic) bond motifs is 3. The maximum Gasteiger partial charge on any atom is 0.246 e. The molecule has 4 rings (SSSR count). The van der Waals surface area contributed by atoms with Crippen LogP contribution in [0.3, 0.4) is 0 Å². The third-order valence-corrected chi connectivity index (χ3v) is 7.02.